The molecule has 1 atom stereocenters. The third kappa shape index (κ3) is 4.67. The van der Waals surface area contributed by atoms with Gasteiger partial charge in [-0.15, -0.1) is 0 Å². The zero-order valence-corrected chi connectivity index (χ0v) is 14.3. The molecule has 1 aromatic rings. The Morgan fingerprint density at radius 2 is 2.00 bits per heavy atom. The molecule has 1 heterocycles. The quantitative estimate of drug-likeness (QED) is 0.638. The van der Waals surface area contributed by atoms with Crippen molar-refractivity contribution >= 4 is 17.3 Å². The number of carbonyl (C=O) groups excluding carboxylic acids is 1. The molecule has 1 aliphatic rings. The molecule has 132 valence electrons. The van der Waals surface area contributed by atoms with Crippen molar-refractivity contribution in [3.8, 4) is 0 Å². The summed E-state index contributed by atoms with van der Waals surface area (Å²) < 4.78 is 4.98. The van der Waals surface area contributed by atoms with E-state index in [1.54, 1.807) is 19.2 Å². The van der Waals surface area contributed by atoms with Crippen LogP contribution < -0.4 is 10.2 Å². The van der Waals surface area contributed by atoms with Gasteiger partial charge in [0.2, 0.25) is 0 Å². The Labute approximate surface area is 142 Å². The highest BCUT2D eigenvalue weighted by Crippen LogP contribution is 2.31. The van der Waals surface area contributed by atoms with E-state index in [0.717, 1.165) is 38.8 Å². The minimum atomic E-state index is -0.407. The largest absolute Gasteiger partial charge is 0.383 e. The van der Waals surface area contributed by atoms with Crippen molar-refractivity contribution < 1.29 is 14.5 Å². The summed E-state index contributed by atoms with van der Waals surface area (Å²) in [6.07, 6.45) is 4.38. The number of nitrogens with zero attached hydrogens (tertiary/aromatic N) is 2. The minimum Gasteiger partial charge on any atom is -0.383 e. The molecule has 1 fully saturated rings. The lowest BCUT2D eigenvalue weighted by Gasteiger charge is -2.22. The van der Waals surface area contributed by atoms with E-state index in [9.17, 15) is 14.9 Å². The van der Waals surface area contributed by atoms with Crippen LogP contribution >= 0.6 is 0 Å². The summed E-state index contributed by atoms with van der Waals surface area (Å²) in [5.41, 5.74) is 0.885. The van der Waals surface area contributed by atoms with Crippen LogP contribution in [-0.2, 0) is 4.74 Å². The van der Waals surface area contributed by atoms with Crippen LogP contribution in [0.1, 0.15) is 43.0 Å². The van der Waals surface area contributed by atoms with Crippen LogP contribution in [0.2, 0.25) is 0 Å². The Morgan fingerprint density at radius 1 is 1.33 bits per heavy atom. The first-order chi connectivity index (χ1) is 11.5. The van der Waals surface area contributed by atoms with Gasteiger partial charge >= 0.3 is 0 Å². The first-order valence-electron chi connectivity index (χ1n) is 8.36. The van der Waals surface area contributed by atoms with Crippen LogP contribution in [0.15, 0.2) is 18.2 Å². The maximum atomic E-state index is 12.2. The monoisotopic (exact) mass is 335 g/mol. The molecule has 0 aliphatic carbocycles. The van der Waals surface area contributed by atoms with Gasteiger partial charge in [-0.3, -0.25) is 14.9 Å². The van der Waals surface area contributed by atoms with Crippen LogP contribution in [0.3, 0.4) is 0 Å². The zero-order valence-electron chi connectivity index (χ0n) is 14.3. The highest BCUT2D eigenvalue weighted by Gasteiger charge is 2.23. The van der Waals surface area contributed by atoms with E-state index < -0.39 is 4.92 Å². The molecule has 1 aromatic carbocycles. The Morgan fingerprint density at radius 3 is 2.58 bits per heavy atom. The summed E-state index contributed by atoms with van der Waals surface area (Å²) in [6, 6.07) is 4.56. The van der Waals surface area contributed by atoms with Crippen molar-refractivity contribution in [1.82, 2.24) is 5.32 Å². The molecule has 1 saturated heterocycles. The van der Waals surface area contributed by atoms with Gasteiger partial charge in [0.25, 0.3) is 11.6 Å². The van der Waals surface area contributed by atoms with Gasteiger partial charge in [-0.25, -0.2) is 0 Å². The zero-order chi connectivity index (χ0) is 17.5. The summed E-state index contributed by atoms with van der Waals surface area (Å²) in [5, 5.41) is 14.2. The first kappa shape index (κ1) is 18.2. The smallest absolute Gasteiger partial charge is 0.293 e. The Kier molecular flexibility index (Phi) is 6.54. The number of carbonyl (C=O) groups is 1. The molecular weight excluding hydrogens is 310 g/mol. The number of hydrogen-bond acceptors (Lipinski definition) is 5. The predicted molar refractivity (Wildman–Crippen MR) is 92.6 cm³/mol. The lowest BCUT2D eigenvalue weighted by atomic mass is 10.1. The van der Waals surface area contributed by atoms with Crippen LogP contribution in [-0.4, -0.2) is 43.7 Å². The number of hydrogen-bond donors (Lipinski definition) is 1. The van der Waals surface area contributed by atoms with Crippen LogP contribution in [0, 0.1) is 10.1 Å². The molecule has 24 heavy (non-hydrogen) atoms. The van der Waals surface area contributed by atoms with Crippen LogP contribution in [0.25, 0.3) is 0 Å². The van der Waals surface area contributed by atoms with Crippen molar-refractivity contribution in [2.24, 2.45) is 0 Å². The number of ether oxygens (including phenoxy) is 1. The van der Waals surface area contributed by atoms with Gasteiger partial charge in [0.15, 0.2) is 0 Å². The summed E-state index contributed by atoms with van der Waals surface area (Å²) in [4.78, 5) is 25.4. The van der Waals surface area contributed by atoms with E-state index in [1.165, 1.54) is 6.07 Å². The number of nitrogens with one attached hydrogen (secondary N) is 1. The van der Waals surface area contributed by atoms with E-state index in [1.807, 2.05) is 6.92 Å². The standard InChI is InChI=1S/C17H25N3O4/c1-13(12-24-2)18-17(21)14-7-8-15(16(11-14)20(22)23)19-9-5-3-4-6-10-19/h7-8,11,13H,3-6,9-10,12H2,1-2H3,(H,18,21). The molecule has 0 spiro atoms. The molecule has 0 radical (unpaired) electrons. The van der Waals surface area contributed by atoms with E-state index >= 15 is 0 Å². The number of nitro benzene ring substituents is 1. The summed E-state index contributed by atoms with van der Waals surface area (Å²) >= 11 is 0. The SMILES string of the molecule is COCC(C)NC(=O)c1ccc(N2CCCCCC2)c([N+](=O)[O-])c1. The van der Waals surface area contributed by atoms with Gasteiger partial charge in [0.05, 0.1) is 11.5 Å². The van der Waals surface area contributed by atoms with Crippen LogP contribution in [0.4, 0.5) is 11.4 Å². The summed E-state index contributed by atoms with van der Waals surface area (Å²) in [6.45, 7) is 3.84. The molecule has 2 rings (SSSR count). The molecule has 1 unspecified atom stereocenters. The Balaban J connectivity index is 2.22. The van der Waals surface area contributed by atoms with Crippen molar-refractivity contribution in [3.05, 3.63) is 33.9 Å². The number of benzene rings is 1. The average molecular weight is 335 g/mol. The van der Waals surface area contributed by atoms with Crippen molar-refractivity contribution in [2.75, 3.05) is 31.7 Å². The van der Waals surface area contributed by atoms with Gasteiger partial charge in [0.1, 0.15) is 5.69 Å². The van der Waals surface area contributed by atoms with Crippen molar-refractivity contribution in [1.29, 1.82) is 0 Å². The number of anilines is 1. The molecule has 1 amide bonds. The van der Waals surface area contributed by atoms with E-state index in [4.69, 9.17) is 4.74 Å². The number of methoxy groups -OCH3 is 1. The molecule has 0 aromatic heterocycles. The van der Waals surface area contributed by atoms with E-state index in [0.29, 0.717) is 17.9 Å². The maximum absolute atomic E-state index is 12.2. The summed E-state index contributed by atoms with van der Waals surface area (Å²) in [7, 11) is 1.56. The van der Waals surface area contributed by atoms with Gasteiger partial charge in [-0.1, -0.05) is 12.8 Å². The average Bonchev–Trinajstić information content (AvgIpc) is 2.83. The van der Waals surface area contributed by atoms with E-state index in [2.05, 4.69) is 10.2 Å². The van der Waals surface area contributed by atoms with Gasteiger partial charge < -0.3 is 15.0 Å². The highest BCUT2D eigenvalue weighted by atomic mass is 16.6. The summed E-state index contributed by atoms with van der Waals surface area (Å²) in [5.74, 6) is -0.329. The van der Waals surface area contributed by atoms with Gasteiger partial charge in [0, 0.05) is 37.9 Å². The number of amides is 1. The lowest BCUT2D eigenvalue weighted by Crippen LogP contribution is -2.35. The molecule has 7 heteroatoms. The molecule has 0 bridgehead atoms. The number of rotatable bonds is 6. The second-order valence-corrected chi connectivity index (χ2v) is 6.19. The second kappa shape index (κ2) is 8.63. The fourth-order valence-electron chi connectivity index (χ4n) is 2.99. The Bertz CT molecular complexity index is 583. The third-order valence-electron chi connectivity index (χ3n) is 4.18. The first-order valence-corrected chi connectivity index (χ1v) is 8.36. The fraction of sp³-hybridized carbons (Fsp3) is 0.588. The molecule has 1 N–H and O–H groups in total. The third-order valence-corrected chi connectivity index (χ3v) is 4.18. The fourth-order valence-corrected chi connectivity index (χ4v) is 2.99. The van der Waals surface area contributed by atoms with Gasteiger partial charge in [-0.2, -0.15) is 0 Å². The van der Waals surface area contributed by atoms with E-state index in [-0.39, 0.29) is 17.6 Å². The van der Waals surface area contributed by atoms with Gasteiger partial charge in [-0.05, 0) is 31.9 Å². The normalized spacial score (nSPS) is 16.3. The highest BCUT2D eigenvalue weighted by molar-refractivity contribution is 5.96. The van der Waals surface area contributed by atoms with Crippen LogP contribution in [0.5, 0.6) is 0 Å². The minimum absolute atomic E-state index is 0.0102. The topological polar surface area (TPSA) is 84.7 Å². The molecule has 0 saturated carbocycles. The lowest BCUT2D eigenvalue weighted by molar-refractivity contribution is -0.384. The Hall–Kier alpha value is -2.15. The predicted octanol–water partition coefficient (Wildman–Crippen LogP) is 2.74. The maximum Gasteiger partial charge on any atom is 0.293 e. The van der Waals surface area contributed by atoms with Crippen molar-refractivity contribution in [2.45, 2.75) is 38.6 Å². The molecule has 7 nitrogen and oxygen atoms in total. The second-order valence-electron chi connectivity index (χ2n) is 6.19. The van der Waals surface area contributed by atoms with Crippen molar-refractivity contribution in [3.63, 3.8) is 0 Å². The molecular formula is C17H25N3O4. The number of nitro groups is 1. The molecule has 1 aliphatic heterocycles.